The number of benzene rings is 2. The van der Waals surface area contributed by atoms with Crippen molar-refractivity contribution in [1.82, 2.24) is 4.90 Å². The van der Waals surface area contributed by atoms with Gasteiger partial charge in [-0.05, 0) is 16.8 Å². The predicted octanol–water partition coefficient (Wildman–Crippen LogP) is 2.33. The van der Waals surface area contributed by atoms with E-state index in [2.05, 4.69) is 0 Å². The molecule has 0 aliphatic rings. The van der Waals surface area contributed by atoms with Crippen LogP contribution in [0, 0.1) is 22.7 Å². The van der Waals surface area contributed by atoms with E-state index in [1.165, 1.54) is 4.90 Å². The van der Waals surface area contributed by atoms with E-state index in [1.54, 1.807) is 12.1 Å². The van der Waals surface area contributed by atoms with Gasteiger partial charge in [-0.15, -0.1) is 0 Å². The van der Waals surface area contributed by atoms with Gasteiger partial charge in [0.15, 0.2) is 0 Å². The fourth-order valence-electron chi connectivity index (χ4n) is 1.95. The molecule has 0 saturated heterocycles. The molecule has 0 saturated carbocycles. The van der Waals surface area contributed by atoms with Gasteiger partial charge < -0.3 is 4.90 Å². The molecule has 0 spiro atoms. The van der Waals surface area contributed by atoms with Crippen molar-refractivity contribution in [1.29, 1.82) is 10.5 Å². The average Bonchev–Trinajstić information content (AvgIpc) is 2.46. The minimum absolute atomic E-state index is 0.0877. The summed E-state index contributed by atoms with van der Waals surface area (Å²) in [6, 6.07) is 16.8. The second kappa shape index (κ2) is 5.66. The van der Waals surface area contributed by atoms with Crippen LogP contribution in [0.3, 0.4) is 0 Å². The first-order valence-corrected chi connectivity index (χ1v) is 5.79. The zero-order chi connectivity index (χ0) is 13.7. The normalized spacial score (nSPS) is 9.58. The zero-order valence-corrected chi connectivity index (χ0v) is 10.2. The van der Waals surface area contributed by atoms with E-state index in [0.717, 1.165) is 10.8 Å². The largest absolute Gasteiger partial charge is 0.312 e. The monoisotopic (exact) mass is 249 g/mol. The van der Waals surface area contributed by atoms with Gasteiger partial charge in [-0.1, -0.05) is 36.4 Å². The quantitative estimate of drug-likeness (QED) is 0.784. The lowest BCUT2D eigenvalue weighted by atomic mass is 10.0. The van der Waals surface area contributed by atoms with Gasteiger partial charge in [0.25, 0.3) is 5.91 Å². The Hall–Kier alpha value is -2.85. The van der Waals surface area contributed by atoms with Gasteiger partial charge in [0.1, 0.15) is 13.1 Å². The SMILES string of the molecule is N#CCN(CC#N)C(=O)c1cccc2ccccc12. The van der Waals surface area contributed by atoms with E-state index < -0.39 is 0 Å². The van der Waals surface area contributed by atoms with Gasteiger partial charge in [0, 0.05) is 5.56 Å². The zero-order valence-electron chi connectivity index (χ0n) is 10.2. The number of rotatable bonds is 3. The first-order chi connectivity index (χ1) is 9.27. The lowest BCUT2D eigenvalue weighted by molar-refractivity contribution is 0.0796. The highest BCUT2D eigenvalue weighted by Gasteiger charge is 2.17. The molecule has 0 aromatic heterocycles. The molecule has 0 aliphatic heterocycles. The first-order valence-electron chi connectivity index (χ1n) is 5.79. The third-order valence-corrected chi connectivity index (χ3v) is 2.83. The van der Waals surface area contributed by atoms with Crippen molar-refractivity contribution >= 4 is 16.7 Å². The molecular formula is C15H11N3O. The van der Waals surface area contributed by atoms with Crippen molar-refractivity contribution in [3.63, 3.8) is 0 Å². The molecule has 0 atom stereocenters. The van der Waals surface area contributed by atoms with E-state index in [4.69, 9.17) is 10.5 Å². The molecule has 0 fully saturated rings. The van der Waals surface area contributed by atoms with Crippen LogP contribution in [-0.2, 0) is 0 Å². The molecule has 1 amide bonds. The molecule has 92 valence electrons. The Morgan fingerprint density at radius 1 is 1.00 bits per heavy atom. The molecule has 2 rings (SSSR count). The molecule has 0 N–H and O–H groups in total. The second-order valence-electron chi connectivity index (χ2n) is 4.00. The minimum atomic E-state index is -0.292. The molecule has 2 aromatic rings. The fourth-order valence-corrected chi connectivity index (χ4v) is 1.95. The maximum Gasteiger partial charge on any atom is 0.256 e. The fraction of sp³-hybridized carbons (Fsp3) is 0.133. The third-order valence-electron chi connectivity index (χ3n) is 2.83. The number of nitriles is 2. The summed E-state index contributed by atoms with van der Waals surface area (Å²) in [5.41, 5.74) is 0.517. The third kappa shape index (κ3) is 2.53. The summed E-state index contributed by atoms with van der Waals surface area (Å²) in [7, 11) is 0. The summed E-state index contributed by atoms with van der Waals surface area (Å²) in [5, 5.41) is 19.2. The molecular weight excluding hydrogens is 238 g/mol. The standard InChI is InChI=1S/C15H11N3O/c16-8-10-18(11-9-17)15(19)14-7-3-5-12-4-1-2-6-13(12)14/h1-7H,10-11H2. The van der Waals surface area contributed by atoms with Crippen LogP contribution in [-0.4, -0.2) is 23.9 Å². The molecule has 0 heterocycles. The van der Waals surface area contributed by atoms with Crippen molar-refractivity contribution < 1.29 is 4.79 Å². The molecule has 0 radical (unpaired) electrons. The van der Waals surface area contributed by atoms with E-state index in [9.17, 15) is 4.79 Å². The highest BCUT2D eigenvalue weighted by molar-refractivity contribution is 6.07. The van der Waals surface area contributed by atoms with Crippen molar-refractivity contribution in [2.75, 3.05) is 13.1 Å². The Balaban J connectivity index is 2.46. The maximum absolute atomic E-state index is 12.4. The van der Waals surface area contributed by atoms with Crippen LogP contribution in [0.2, 0.25) is 0 Å². The van der Waals surface area contributed by atoms with E-state index >= 15 is 0 Å². The summed E-state index contributed by atoms with van der Waals surface area (Å²) >= 11 is 0. The Labute approximate surface area is 111 Å². The summed E-state index contributed by atoms with van der Waals surface area (Å²) in [5.74, 6) is -0.292. The van der Waals surface area contributed by atoms with Crippen LogP contribution < -0.4 is 0 Å². The van der Waals surface area contributed by atoms with Crippen molar-refractivity contribution in [2.45, 2.75) is 0 Å². The molecule has 19 heavy (non-hydrogen) atoms. The number of fused-ring (bicyclic) bond motifs is 1. The molecule has 4 heteroatoms. The smallest absolute Gasteiger partial charge is 0.256 e. The number of carbonyl (C=O) groups excluding carboxylic acids is 1. The van der Waals surface area contributed by atoms with Crippen LogP contribution in [0.4, 0.5) is 0 Å². The van der Waals surface area contributed by atoms with Crippen LogP contribution in [0.5, 0.6) is 0 Å². The van der Waals surface area contributed by atoms with Crippen molar-refractivity contribution in [3.8, 4) is 12.1 Å². The van der Waals surface area contributed by atoms with Crippen LogP contribution in [0.1, 0.15) is 10.4 Å². The molecule has 0 aliphatic carbocycles. The molecule has 2 aromatic carbocycles. The van der Waals surface area contributed by atoms with Gasteiger partial charge in [0.2, 0.25) is 0 Å². The number of nitrogens with zero attached hydrogens (tertiary/aromatic N) is 3. The number of carbonyl (C=O) groups is 1. The van der Waals surface area contributed by atoms with Crippen molar-refractivity contribution in [3.05, 3.63) is 48.0 Å². The van der Waals surface area contributed by atoms with Crippen LogP contribution in [0.15, 0.2) is 42.5 Å². The molecule has 0 bridgehead atoms. The molecule has 0 unspecified atom stereocenters. The summed E-state index contributed by atoms with van der Waals surface area (Å²) in [4.78, 5) is 13.6. The summed E-state index contributed by atoms with van der Waals surface area (Å²) in [6.45, 7) is -0.175. The topological polar surface area (TPSA) is 67.9 Å². The average molecular weight is 249 g/mol. The van der Waals surface area contributed by atoms with Crippen LogP contribution >= 0.6 is 0 Å². The lowest BCUT2D eigenvalue weighted by Gasteiger charge is -2.16. The number of amides is 1. The summed E-state index contributed by atoms with van der Waals surface area (Å²) in [6.07, 6.45) is 0. The van der Waals surface area contributed by atoms with Crippen molar-refractivity contribution in [2.24, 2.45) is 0 Å². The lowest BCUT2D eigenvalue weighted by Crippen LogP contribution is -2.31. The second-order valence-corrected chi connectivity index (χ2v) is 4.00. The number of hydrogen-bond donors (Lipinski definition) is 0. The van der Waals surface area contributed by atoms with E-state index in [1.807, 2.05) is 42.5 Å². The van der Waals surface area contributed by atoms with Gasteiger partial charge in [-0.25, -0.2) is 0 Å². The van der Waals surface area contributed by atoms with Gasteiger partial charge in [-0.2, -0.15) is 10.5 Å². The number of hydrogen-bond acceptors (Lipinski definition) is 3. The Bertz CT molecular complexity index is 673. The minimum Gasteiger partial charge on any atom is -0.312 e. The van der Waals surface area contributed by atoms with E-state index in [-0.39, 0.29) is 19.0 Å². The van der Waals surface area contributed by atoms with Crippen LogP contribution in [0.25, 0.3) is 10.8 Å². The van der Waals surface area contributed by atoms with Gasteiger partial charge >= 0.3 is 0 Å². The van der Waals surface area contributed by atoms with Gasteiger partial charge in [-0.3, -0.25) is 4.79 Å². The highest BCUT2D eigenvalue weighted by Crippen LogP contribution is 2.19. The van der Waals surface area contributed by atoms with Gasteiger partial charge in [0.05, 0.1) is 12.1 Å². The predicted molar refractivity (Wildman–Crippen MR) is 71.1 cm³/mol. The van der Waals surface area contributed by atoms with E-state index in [0.29, 0.717) is 5.56 Å². The Morgan fingerprint density at radius 3 is 2.32 bits per heavy atom. The first kappa shape index (κ1) is 12.6. The maximum atomic E-state index is 12.4. The highest BCUT2D eigenvalue weighted by atomic mass is 16.2. The Morgan fingerprint density at radius 2 is 1.63 bits per heavy atom. The molecule has 4 nitrogen and oxygen atoms in total. The Kier molecular flexibility index (Phi) is 3.75. The summed E-state index contributed by atoms with van der Waals surface area (Å²) < 4.78 is 0.